The van der Waals surface area contributed by atoms with E-state index in [-0.39, 0.29) is 17.4 Å². The second kappa shape index (κ2) is 8.15. The molecule has 32 heavy (non-hydrogen) atoms. The molecule has 4 aliphatic carbocycles. The number of rotatable bonds is 5. The van der Waals surface area contributed by atoms with Crippen molar-refractivity contribution >= 4 is 17.6 Å². The summed E-state index contributed by atoms with van der Waals surface area (Å²) in [4.78, 5) is 27.9. The number of carboxylic acid groups (broad SMARTS) is 1. The van der Waals surface area contributed by atoms with Crippen LogP contribution in [0.3, 0.4) is 0 Å². The van der Waals surface area contributed by atoms with E-state index in [0.29, 0.717) is 17.8 Å². The average molecular weight is 447 g/mol. The minimum absolute atomic E-state index is 0.0412. The van der Waals surface area contributed by atoms with Crippen molar-refractivity contribution in [2.75, 3.05) is 6.61 Å². The van der Waals surface area contributed by atoms with Gasteiger partial charge in [0.25, 0.3) is 5.91 Å². The summed E-state index contributed by atoms with van der Waals surface area (Å²) in [5.74, 6) is 0.371. The fraction of sp³-hybridized carbons (Fsp3) is 0.800. The van der Waals surface area contributed by atoms with Crippen molar-refractivity contribution in [3.8, 4) is 0 Å². The second-order valence-corrected chi connectivity index (χ2v) is 11.3. The number of amides is 1. The number of hydrogen-bond donors (Lipinski definition) is 3. The number of fused-ring (bicyclic) bond motifs is 5. The summed E-state index contributed by atoms with van der Waals surface area (Å²) in [5.41, 5.74) is 1.98. The molecule has 0 heterocycles. The molecule has 0 aromatic carbocycles. The molecule has 0 aromatic rings. The summed E-state index contributed by atoms with van der Waals surface area (Å²) in [6.45, 7) is 7.92. The highest BCUT2D eigenvalue weighted by Gasteiger charge is 2.62. The third kappa shape index (κ3) is 3.76. The molecule has 7 atom stereocenters. The van der Waals surface area contributed by atoms with E-state index >= 15 is 0 Å². The highest BCUT2D eigenvalue weighted by Crippen LogP contribution is 2.67. The van der Waals surface area contributed by atoms with Gasteiger partial charge in [-0.15, -0.1) is 0 Å². The van der Waals surface area contributed by atoms with Crippen LogP contribution in [0, 0.1) is 28.6 Å². The van der Waals surface area contributed by atoms with Crippen molar-refractivity contribution < 1.29 is 24.6 Å². The summed E-state index contributed by atoms with van der Waals surface area (Å²) in [7, 11) is 0. The molecule has 4 rings (SSSR count). The predicted octanol–water partition coefficient (Wildman–Crippen LogP) is 3.66. The second-order valence-electron chi connectivity index (χ2n) is 11.3. The first-order valence-corrected chi connectivity index (χ1v) is 12.1. The Morgan fingerprint density at radius 1 is 1.16 bits per heavy atom. The maximum atomic E-state index is 11.8. The van der Waals surface area contributed by atoms with Crippen molar-refractivity contribution in [2.24, 2.45) is 33.7 Å². The number of carbonyl (C=O) groups is 2. The molecule has 1 amide bonds. The Bertz CT molecular complexity index is 849. The Labute approximate surface area is 190 Å². The van der Waals surface area contributed by atoms with Gasteiger partial charge < -0.3 is 20.4 Å². The standard InChI is InChI=1S/C25H38N2O5/c1-15(22(29)30)26-21(28)14-32-27-17-7-10-23(2)16(13-17)5-6-18-19(23)8-11-24(3)20(18)9-12-25(24,4)31/h13,15,18-20,31H,5-12,14H2,1-4H3,(H,26,28)(H,29,30)/t15-,18-,19+,20+,23+,24+,25+/m1/s1. The quantitative estimate of drug-likeness (QED) is 0.559. The third-order valence-corrected chi connectivity index (χ3v) is 9.66. The summed E-state index contributed by atoms with van der Waals surface area (Å²) in [5, 5.41) is 26.5. The number of nitrogens with zero attached hydrogens (tertiary/aromatic N) is 1. The molecule has 3 N–H and O–H groups in total. The molecular weight excluding hydrogens is 408 g/mol. The van der Waals surface area contributed by atoms with Gasteiger partial charge in [0.15, 0.2) is 6.61 Å². The zero-order valence-corrected chi connectivity index (χ0v) is 19.8. The van der Waals surface area contributed by atoms with Gasteiger partial charge >= 0.3 is 5.97 Å². The number of aliphatic hydroxyl groups is 1. The van der Waals surface area contributed by atoms with Crippen molar-refractivity contribution in [1.82, 2.24) is 5.32 Å². The van der Waals surface area contributed by atoms with Gasteiger partial charge in [-0.05, 0) is 99.9 Å². The first kappa shape index (κ1) is 23.3. The maximum absolute atomic E-state index is 11.8. The predicted molar refractivity (Wildman–Crippen MR) is 121 cm³/mol. The van der Waals surface area contributed by atoms with Crippen LogP contribution in [-0.4, -0.2) is 46.1 Å². The summed E-state index contributed by atoms with van der Waals surface area (Å²) < 4.78 is 0. The molecule has 0 aliphatic heterocycles. The van der Waals surface area contributed by atoms with E-state index in [1.807, 2.05) is 0 Å². The summed E-state index contributed by atoms with van der Waals surface area (Å²) in [6.07, 6.45) is 10.6. The monoisotopic (exact) mass is 446 g/mol. The smallest absolute Gasteiger partial charge is 0.325 e. The molecular formula is C25H38N2O5. The molecule has 0 radical (unpaired) electrons. The third-order valence-electron chi connectivity index (χ3n) is 9.66. The lowest BCUT2D eigenvalue weighted by molar-refractivity contribution is -0.142. The van der Waals surface area contributed by atoms with E-state index in [0.717, 1.165) is 44.2 Å². The zero-order chi connectivity index (χ0) is 23.3. The van der Waals surface area contributed by atoms with E-state index in [1.165, 1.54) is 25.3 Å². The van der Waals surface area contributed by atoms with E-state index in [1.54, 1.807) is 0 Å². The molecule has 178 valence electrons. The van der Waals surface area contributed by atoms with Crippen LogP contribution in [0.4, 0.5) is 0 Å². The van der Waals surface area contributed by atoms with Crippen LogP contribution in [0.1, 0.15) is 79.1 Å². The highest BCUT2D eigenvalue weighted by atomic mass is 16.6. The van der Waals surface area contributed by atoms with E-state index in [9.17, 15) is 14.7 Å². The number of oxime groups is 1. The van der Waals surface area contributed by atoms with Gasteiger partial charge in [0.05, 0.1) is 11.3 Å². The number of allylic oxidation sites excluding steroid dienone is 2. The Morgan fingerprint density at radius 2 is 1.88 bits per heavy atom. The van der Waals surface area contributed by atoms with Crippen LogP contribution in [0.2, 0.25) is 0 Å². The van der Waals surface area contributed by atoms with Crippen LogP contribution < -0.4 is 5.32 Å². The van der Waals surface area contributed by atoms with Gasteiger partial charge in [-0.25, -0.2) is 0 Å². The lowest BCUT2D eigenvalue weighted by atomic mass is 9.46. The van der Waals surface area contributed by atoms with Crippen LogP contribution >= 0.6 is 0 Å². The molecule has 3 fully saturated rings. The van der Waals surface area contributed by atoms with Crippen LogP contribution in [-0.2, 0) is 14.4 Å². The molecule has 3 saturated carbocycles. The van der Waals surface area contributed by atoms with Gasteiger partial charge in [-0.3, -0.25) is 9.59 Å². The lowest BCUT2D eigenvalue weighted by Gasteiger charge is -2.59. The molecule has 0 spiro atoms. The lowest BCUT2D eigenvalue weighted by Crippen LogP contribution is -2.53. The molecule has 0 saturated heterocycles. The Hall–Kier alpha value is -1.89. The zero-order valence-electron chi connectivity index (χ0n) is 19.8. The minimum Gasteiger partial charge on any atom is -0.480 e. The first-order valence-electron chi connectivity index (χ1n) is 12.1. The molecule has 7 nitrogen and oxygen atoms in total. The Morgan fingerprint density at radius 3 is 2.59 bits per heavy atom. The average Bonchev–Trinajstić information content (AvgIpc) is 2.97. The van der Waals surface area contributed by atoms with Gasteiger partial charge in [-0.1, -0.05) is 24.6 Å². The Balaban J connectivity index is 1.42. The SMILES string of the molecule is C[C@@H](NC(=O)CON=C1C=C2CC[C@@H]3[C@H](CC[C@@]4(C)[C@H]3CC[C@]4(C)O)[C@@]2(C)CC1)C(=O)O. The maximum Gasteiger partial charge on any atom is 0.325 e. The van der Waals surface area contributed by atoms with Gasteiger partial charge in [0.1, 0.15) is 6.04 Å². The molecule has 0 aromatic heterocycles. The normalized spacial score (nSPS) is 42.8. The van der Waals surface area contributed by atoms with Gasteiger partial charge in [0, 0.05) is 0 Å². The van der Waals surface area contributed by atoms with Crippen molar-refractivity contribution in [1.29, 1.82) is 0 Å². The summed E-state index contributed by atoms with van der Waals surface area (Å²) in [6, 6.07) is -0.952. The first-order chi connectivity index (χ1) is 15.0. The van der Waals surface area contributed by atoms with E-state index in [4.69, 9.17) is 9.94 Å². The van der Waals surface area contributed by atoms with Crippen LogP contribution in [0.25, 0.3) is 0 Å². The summed E-state index contributed by atoms with van der Waals surface area (Å²) >= 11 is 0. The topological polar surface area (TPSA) is 108 Å². The van der Waals surface area contributed by atoms with Gasteiger partial charge in [0.2, 0.25) is 0 Å². The van der Waals surface area contributed by atoms with Crippen molar-refractivity contribution in [2.45, 2.75) is 90.7 Å². The van der Waals surface area contributed by atoms with E-state index in [2.05, 4.69) is 37.3 Å². The van der Waals surface area contributed by atoms with Gasteiger partial charge in [-0.2, -0.15) is 0 Å². The van der Waals surface area contributed by atoms with Crippen LogP contribution in [0.15, 0.2) is 16.8 Å². The number of carboxylic acids is 1. The number of nitrogens with one attached hydrogen (secondary N) is 1. The number of aliphatic carboxylic acids is 1. The molecule has 0 bridgehead atoms. The minimum atomic E-state index is -1.08. The number of carbonyl (C=O) groups excluding carboxylic acids is 1. The fourth-order valence-electron chi connectivity index (χ4n) is 7.41. The van der Waals surface area contributed by atoms with Crippen molar-refractivity contribution in [3.63, 3.8) is 0 Å². The fourth-order valence-corrected chi connectivity index (χ4v) is 7.41. The molecule has 4 aliphatic rings. The molecule has 0 unspecified atom stereocenters. The Kier molecular flexibility index (Phi) is 5.93. The van der Waals surface area contributed by atoms with E-state index < -0.39 is 23.5 Å². The van der Waals surface area contributed by atoms with Crippen LogP contribution in [0.5, 0.6) is 0 Å². The largest absolute Gasteiger partial charge is 0.480 e. The number of hydrogen-bond acceptors (Lipinski definition) is 5. The van der Waals surface area contributed by atoms with Crippen molar-refractivity contribution in [3.05, 3.63) is 11.6 Å². The molecule has 7 heteroatoms. The highest BCUT2D eigenvalue weighted by molar-refractivity contribution is 5.96.